The lowest BCUT2D eigenvalue weighted by Gasteiger charge is -2.17. The zero-order chi connectivity index (χ0) is 13.5. The number of hydrogen-bond donors (Lipinski definition) is 2. The smallest absolute Gasteiger partial charge is 0.254 e. The van der Waals surface area contributed by atoms with Crippen LogP contribution in [0.25, 0.3) is 0 Å². The van der Waals surface area contributed by atoms with Gasteiger partial charge >= 0.3 is 0 Å². The van der Waals surface area contributed by atoms with Crippen LogP contribution in [0.2, 0.25) is 0 Å². The minimum atomic E-state index is -0.200. The van der Waals surface area contributed by atoms with Gasteiger partial charge in [0.05, 0.1) is 12.2 Å². The fourth-order valence-corrected chi connectivity index (χ4v) is 1.49. The number of anilines is 1. The third-order valence-electron chi connectivity index (χ3n) is 2.36. The predicted octanol–water partition coefficient (Wildman–Crippen LogP) is 1.43. The summed E-state index contributed by atoms with van der Waals surface area (Å²) in [7, 11) is 1.58. The normalized spacial score (nSPS) is 11.9. The fourth-order valence-electron chi connectivity index (χ4n) is 1.49. The van der Waals surface area contributed by atoms with Crippen molar-refractivity contribution in [3.8, 4) is 5.75 Å². The van der Waals surface area contributed by atoms with Gasteiger partial charge in [0.1, 0.15) is 11.9 Å². The summed E-state index contributed by atoms with van der Waals surface area (Å²) in [5.74, 6) is 0.273. The first kappa shape index (κ1) is 14.3. The van der Waals surface area contributed by atoms with Crippen molar-refractivity contribution in [3.63, 3.8) is 0 Å². The average Bonchev–Trinajstić information content (AvgIpc) is 2.35. The number of ether oxygens (including phenoxy) is 2. The predicted molar refractivity (Wildman–Crippen MR) is 70.8 cm³/mol. The molecule has 0 aliphatic carbocycles. The van der Waals surface area contributed by atoms with Crippen molar-refractivity contribution in [1.29, 1.82) is 0 Å². The van der Waals surface area contributed by atoms with Crippen LogP contribution in [0.15, 0.2) is 18.2 Å². The Kier molecular flexibility index (Phi) is 5.45. The Labute approximate surface area is 107 Å². The van der Waals surface area contributed by atoms with Gasteiger partial charge in [0, 0.05) is 25.4 Å². The molecule has 0 aromatic heterocycles. The van der Waals surface area contributed by atoms with E-state index >= 15 is 0 Å². The Bertz CT molecular complexity index is 407. The number of amides is 1. The molecule has 1 amide bonds. The molecule has 0 aliphatic rings. The highest BCUT2D eigenvalue weighted by Crippen LogP contribution is 2.23. The van der Waals surface area contributed by atoms with E-state index in [0.29, 0.717) is 30.2 Å². The molecule has 0 spiro atoms. The first-order valence-electron chi connectivity index (χ1n) is 5.94. The Balaban J connectivity index is 2.85. The summed E-state index contributed by atoms with van der Waals surface area (Å²) in [5.41, 5.74) is 6.73. The molecule has 0 heterocycles. The van der Waals surface area contributed by atoms with E-state index in [9.17, 15) is 4.79 Å². The van der Waals surface area contributed by atoms with Crippen molar-refractivity contribution < 1.29 is 14.3 Å². The number of nitrogens with one attached hydrogen (secondary N) is 1. The van der Waals surface area contributed by atoms with Crippen molar-refractivity contribution in [2.75, 3.05) is 26.0 Å². The van der Waals surface area contributed by atoms with Crippen LogP contribution >= 0.6 is 0 Å². The largest absolute Gasteiger partial charge is 0.487 e. The minimum absolute atomic E-state index is 0.143. The van der Waals surface area contributed by atoms with E-state index in [-0.39, 0.29) is 12.0 Å². The maximum Gasteiger partial charge on any atom is 0.254 e. The summed E-state index contributed by atoms with van der Waals surface area (Å²) in [6.45, 7) is 4.90. The monoisotopic (exact) mass is 252 g/mol. The number of carbonyl (C=O) groups excluding carboxylic acids is 1. The van der Waals surface area contributed by atoms with Crippen LogP contribution in [0.4, 0.5) is 5.69 Å². The lowest BCUT2D eigenvalue weighted by Crippen LogP contribution is -2.23. The molecule has 3 N–H and O–H groups in total. The first-order valence-corrected chi connectivity index (χ1v) is 5.94. The van der Waals surface area contributed by atoms with E-state index < -0.39 is 0 Å². The zero-order valence-corrected chi connectivity index (χ0v) is 11.0. The number of carbonyl (C=O) groups is 1. The Morgan fingerprint density at radius 1 is 1.50 bits per heavy atom. The van der Waals surface area contributed by atoms with E-state index in [0.717, 1.165) is 0 Å². The number of rotatable bonds is 6. The number of benzene rings is 1. The number of hydrogen-bond acceptors (Lipinski definition) is 4. The molecule has 18 heavy (non-hydrogen) atoms. The summed E-state index contributed by atoms with van der Waals surface area (Å²) in [5, 5.41) is 2.57. The van der Waals surface area contributed by atoms with Crippen molar-refractivity contribution in [2.45, 2.75) is 20.0 Å². The molecular weight excluding hydrogens is 232 g/mol. The molecule has 0 bridgehead atoms. The van der Waals surface area contributed by atoms with Gasteiger partial charge in [-0.05, 0) is 26.0 Å². The summed E-state index contributed by atoms with van der Waals surface area (Å²) in [4.78, 5) is 11.7. The summed E-state index contributed by atoms with van der Waals surface area (Å²) in [6.07, 6.45) is -0.143. The van der Waals surface area contributed by atoms with Gasteiger partial charge in [-0.2, -0.15) is 0 Å². The maximum absolute atomic E-state index is 11.7. The number of nitrogen functional groups attached to an aromatic ring is 1. The van der Waals surface area contributed by atoms with Crippen LogP contribution in [0.1, 0.15) is 24.2 Å². The lowest BCUT2D eigenvalue weighted by atomic mass is 10.1. The van der Waals surface area contributed by atoms with E-state index in [4.69, 9.17) is 15.2 Å². The first-order chi connectivity index (χ1) is 8.58. The highest BCUT2D eigenvalue weighted by molar-refractivity contribution is 5.97. The topological polar surface area (TPSA) is 73.6 Å². The number of nitrogens with two attached hydrogens (primary N) is 1. The summed E-state index contributed by atoms with van der Waals surface area (Å²) < 4.78 is 11.0. The van der Waals surface area contributed by atoms with E-state index in [1.807, 2.05) is 13.8 Å². The van der Waals surface area contributed by atoms with Crippen molar-refractivity contribution >= 4 is 11.6 Å². The molecule has 5 nitrogen and oxygen atoms in total. The van der Waals surface area contributed by atoms with Crippen LogP contribution in [-0.4, -0.2) is 32.3 Å². The highest BCUT2D eigenvalue weighted by atomic mass is 16.5. The second kappa shape index (κ2) is 6.86. The molecule has 1 rings (SSSR count). The van der Waals surface area contributed by atoms with Gasteiger partial charge in [-0.25, -0.2) is 0 Å². The molecule has 1 atom stereocenters. The summed E-state index contributed by atoms with van der Waals surface area (Å²) >= 11 is 0. The zero-order valence-electron chi connectivity index (χ0n) is 11.0. The lowest BCUT2D eigenvalue weighted by molar-refractivity contribution is 0.0647. The van der Waals surface area contributed by atoms with Gasteiger partial charge in [0.15, 0.2) is 0 Å². The second-order valence-corrected chi connectivity index (χ2v) is 3.92. The maximum atomic E-state index is 11.7. The molecule has 100 valence electrons. The van der Waals surface area contributed by atoms with Gasteiger partial charge in [-0.15, -0.1) is 0 Å². The second-order valence-electron chi connectivity index (χ2n) is 3.92. The van der Waals surface area contributed by atoms with E-state index in [1.165, 1.54) is 0 Å². The van der Waals surface area contributed by atoms with Crippen LogP contribution in [-0.2, 0) is 4.74 Å². The minimum Gasteiger partial charge on any atom is -0.487 e. The van der Waals surface area contributed by atoms with Crippen LogP contribution in [0.3, 0.4) is 0 Å². The highest BCUT2D eigenvalue weighted by Gasteiger charge is 2.14. The molecule has 1 aromatic rings. The SMILES string of the molecule is CCOCC(C)Oc1cc(N)ccc1C(=O)NC. The molecule has 5 heteroatoms. The average molecular weight is 252 g/mol. The molecule has 0 radical (unpaired) electrons. The third kappa shape index (κ3) is 3.92. The Morgan fingerprint density at radius 2 is 2.22 bits per heavy atom. The third-order valence-corrected chi connectivity index (χ3v) is 2.36. The quantitative estimate of drug-likeness (QED) is 0.751. The van der Waals surface area contributed by atoms with Gasteiger partial charge < -0.3 is 20.5 Å². The Hall–Kier alpha value is -1.75. The molecule has 1 unspecified atom stereocenters. The van der Waals surface area contributed by atoms with Gasteiger partial charge in [-0.3, -0.25) is 4.79 Å². The van der Waals surface area contributed by atoms with Crippen LogP contribution in [0, 0.1) is 0 Å². The van der Waals surface area contributed by atoms with Gasteiger partial charge in [0.25, 0.3) is 5.91 Å². The van der Waals surface area contributed by atoms with E-state index in [1.54, 1.807) is 25.2 Å². The standard InChI is InChI=1S/C13H20N2O3/c1-4-17-8-9(2)18-12-7-10(14)5-6-11(12)13(16)15-3/h5-7,9H,4,8,14H2,1-3H3,(H,15,16). The molecule has 0 saturated carbocycles. The fraction of sp³-hybridized carbons (Fsp3) is 0.462. The molecule has 0 aliphatic heterocycles. The molecule has 0 fully saturated rings. The van der Waals surface area contributed by atoms with Crippen LogP contribution in [0.5, 0.6) is 5.75 Å². The van der Waals surface area contributed by atoms with Crippen molar-refractivity contribution in [1.82, 2.24) is 5.32 Å². The van der Waals surface area contributed by atoms with Crippen molar-refractivity contribution in [3.05, 3.63) is 23.8 Å². The summed E-state index contributed by atoms with van der Waals surface area (Å²) in [6, 6.07) is 4.97. The van der Waals surface area contributed by atoms with Crippen LogP contribution < -0.4 is 15.8 Å². The van der Waals surface area contributed by atoms with Gasteiger partial charge in [-0.1, -0.05) is 0 Å². The molecule has 1 aromatic carbocycles. The Morgan fingerprint density at radius 3 is 2.83 bits per heavy atom. The molecule has 0 saturated heterocycles. The van der Waals surface area contributed by atoms with Gasteiger partial charge in [0.2, 0.25) is 0 Å². The molecular formula is C13H20N2O3. The van der Waals surface area contributed by atoms with Crippen molar-refractivity contribution in [2.24, 2.45) is 0 Å². The van der Waals surface area contributed by atoms with E-state index in [2.05, 4.69) is 5.32 Å².